The lowest BCUT2D eigenvalue weighted by Crippen LogP contribution is -2.37. The van der Waals surface area contributed by atoms with Crippen molar-refractivity contribution >= 4 is 5.82 Å². The van der Waals surface area contributed by atoms with Crippen molar-refractivity contribution in [3.05, 3.63) is 71.2 Å². The largest absolute Gasteiger partial charge is 0.417 e. The Morgan fingerprint density at radius 1 is 0.972 bits per heavy atom. The normalized spacial score (nSPS) is 14.7. The summed E-state index contributed by atoms with van der Waals surface area (Å²) in [5.74, 6) is -0.788. The summed E-state index contributed by atoms with van der Waals surface area (Å²) in [5.41, 5.74) is 0.0487. The van der Waals surface area contributed by atoms with Gasteiger partial charge in [0, 0.05) is 55.4 Å². The first-order chi connectivity index (χ1) is 17.3. The van der Waals surface area contributed by atoms with Crippen LogP contribution in [-0.2, 0) is 23.8 Å². The second kappa shape index (κ2) is 11.7. The zero-order valence-corrected chi connectivity index (χ0v) is 19.5. The first kappa shape index (κ1) is 25.9. The molecule has 3 heterocycles. The first-order valence-electron chi connectivity index (χ1n) is 11.7. The quantitative estimate of drug-likeness (QED) is 0.333. The molecule has 4 rings (SSSR count). The number of morpholine rings is 1. The average molecular weight is 508 g/mol. The molecule has 1 aromatic carbocycles. The Labute approximate surface area is 205 Å². The van der Waals surface area contributed by atoms with E-state index in [1.165, 1.54) is 18.3 Å². The predicted octanol–water partition coefficient (Wildman–Crippen LogP) is 4.76. The minimum atomic E-state index is -4.55. The summed E-state index contributed by atoms with van der Waals surface area (Å²) in [6.07, 6.45) is -1.18. The number of rotatable bonds is 9. The van der Waals surface area contributed by atoms with E-state index in [2.05, 4.69) is 25.2 Å². The van der Waals surface area contributed by atoms with Crippen molar-refractivity contribution in [2.24, 2.45) is 0 Å². The zero-order valence-electron chi connectivity index (χ0n) is 19.5. The van der Waals surface area contributed by atoms with Gasteiger partial charge in [0.2, 0.25) is 0 Å². The van der Waals surface area contributed by atoms with Gasteiger partial charge in [0.1, 0.15) is 17.5 Å². The van der Waals surface area contributed by atoms with Crippen LogP contribution in [0.1, 0.15) is 23.2 Å². The van der Waals surface area contributed by atoms with E-state index >= 15 is 0 Å². The molecular weight excluding hydrogens is 481 g/mol. The average Bonchev–Trinajstić information content (AvgIpc) is 2.86. The van der Waals surface area contributed by atoms with Crippen molar-refractivity contribution in [2.75, 3.05) is 44.7 Å². The molecule has 0 saturated carbocycles. The maximum Gasteiger partial charge on any atom is 0.417 e. The van der Waals surface area contributed by atoms with Gasteiger partial charge in [-0.15, -0.1) is 0 Å². The summed E-state index contributed by atoms with van der Waals surface area (Å²) < 4.78 is 72.3. The van der Waals surface area contributed by atoms with Crippen LogP contribution >= 0.6 is 0 Å². The number of aromatic nitrogens is 3. The Hall–Kier alpha value is -3.18. The lowest BCUT2D eigenvalue weighted by atomic mass is 10.1. The van der Waals surface area contributed by atoms with Crippen LogP contribution in [-0.4, -0.2) is 59.2 Å². The second-order valence-corrected chi connectivity index (χ2v) is 8.50. The summed E-state index contributed by atoms with van der Waals surface area (Å²) in [7, 11) is 0. The maximum absolute atomic E-state index is 14.1. The summed E-state index contributed by atoms with van der Waals surface area (Å²) in [5, 5.41) is 3.22. The van der Waals surface area contributed by atoms with Gasteiger partial charge in [0.25, 0.3) is 0 Å². The van der Waals surface area contributed by atoms with Gasteiger partial charge in [0.05, 0.1) is 18.8 Å². The number of anilines is 1. The molecule has 36 heavy (non-hydrogen) atoms. The molecule has 192 valence electrons. The third kappa shape index (κ3) is 7.17. The fourth-order valence-electron chi connectivity index (χ4n) is 3.89. The number of benzene rings is 1. The molecule has 1 aliphatic heterocycles. The predicted molar refractivity (Wildman–Crippen MR) is 124 cm³/mol. The number of nitrogens with zero attached hydrogens (tertiary/aromatic N) is 4. The van der Waals surface area contributed by atoms with Gasteiger partial charge in [-0.3, -0.25) is 9.88 Å². The van der Waals surface area contributed by atoms with E-state index < -0.39 is 23.4 Å². The van der Waals surface area contributed by atoms with Crippen LogP contribution in [0.15, 0.2) is 42.7 Å². The number of ether oxygens (including phenoxy) is 1. The van der Waals surface area contributed by atoms with Gasteiger partial charge in [0.15, 0.2) is 5.82 Å². The number of pyridine rings is 1. The van der Waals surface area contributed by atoms with E-state index in [9.17, 15) is 22.0 Å². The Morgan fingerprint density at radius 2 is 1.78 bits per heavy atom. The molecule has 0 spiro atoms. The fraction of sp³-hybridized carbons (Fsp3) is 0.400. The second-order valence-electron chi connectivity index (χ2n) is 8.50. The number of hydrogen-bond acceptors (Lipinski definition) is 6. The van der Waals surface area contributed by atoms with E-state index in [0.29, 0.717) is 36.8 Å². The molecule has 0 bridgehead atoms. The van der Waals surface area contributed by atoms with E-state index in [0.717, 1.165) is 44.4 Å². The van der Waals surface area contributed by atoms with Crippen LogP contribution in [0.3, 0.4) is 0 Å². The molecule has 0 aliphatic carbocycles. The van der Waals surface area contributed by atoms with Gasteiger partial charge in [-0.2, -0.15) is 13.2 Å². The minimum Gasteiger partial charge on any atom is -0.379 e. The molecule has 0 radical (unpaired) electrons. The summed E-state index contributed by atoms with van der Waals surface area (Å²) >= 11 is 0. The standard InChI is InChI=1S/C25H26F5N5O/c26-20-4-2-17(22(27)13-20)3-5-21-14-23(32-6-1-7-35-8-10-36-11-9-35)34-24(33-21)18-12-19(16-31-15-18)25(28,29)30/h2,4,12-16H,1,3,5-11H2,(H,32,33,34). The van der Waals surface area contributed by atoms with Crippen LogP contribution in [0.2, 0.25) is 0 Å². The summed E-state index contributed by atoms with van der Waals surface area (Å²) in [4.78, 5) is 14.8. The van der Waals surface area contributed by atoms with Crippen LogP contribution in [0.5, 0.6) is 0 Å². The first-order valence-corrected chi connectivity index (χ1v) is 11.7. The van der Waals surface area contributed by atoms with E-state index in [1.54, 1.807) is 6.07 Å². The molecule has 1 N–H and O–H groups in total. The van der Waals surface area contributed by atoms with Crippen molar-refractivity contribution in [1.82, 2.24) is 19.9 Å². The lowest BCUT2D eigenvalue weighted by Gasteiger charge is -2.26. The summed E-state index contributed by atoms with van der Waals surface area (Å²) in [6.45, 7) is 4.66. The molecule has 2 aromatic heterocycles. The van der Waals surface area contributed by atoms with Gasteiger partial charge in [-0.25, -0.2) is 18.7 Å². The van der Waals surface area contributed by atoms with E-state index in [4.69, 9.17) is 4.74 Å². The molecule has 6 nitrogen and oxygen atoms in total. The Kier molecular flexibility index (Phi) is 8.42. The number of alkyl halides is 3. The van der Waals surface area contributed by atoms with Crippen LogP contribution in [0.4, 0.5) is 27.8 Å². The zero-order chi connectivity index (χ0) is 25.5. The molecule has 1 fully saturated rings. The van der Waals surface area contributed by atoms with Crippen molar-refractivity contribution in [3.8, 4) is 11.4 Å². The van der Waals surface area contributed by atoms with Gasteiger partial charge in [-0.1, -0.05) is 6.07 Å². The van der Waals surface area contributed by atoms with E-state index in [-0.39, 0.29) is 24.2 Å². The van der Waals surface area contributed by atoms with Gasteiger partial charge >= 0.3 is 6.18 Å². The number of halogens is 5. The molecule has 0 atom stereocenters. The third-order valence-electron chi connectivity index (χ3n) is 5.83. The molecule has 3 aromatic rings. The third-order valence-corrected chi connectivity index (χ3v) is 5.83. The Balaban J connectivity index is 1.52. The molecular formula is C25H26F5N5O. The SMILES string of the molecule is Fc1ccc(CCc2cc(NCCCN3CCOCC3)nc(-c3cncc(C(F)(F)F)c3)n2)c(F)c1. The Morgan fingerprint density at radius 3 is 2.53 bits per heavy atom. The molecule has 1 saturated heterocycles. The number of hydrogen-bond donors (Lipinski definition) is 1. The molecule has 1 aliphatic rings. The Bertz CT molecular complexity index is 1170. The van der Waals surface area contributed by atoms with E-state index in [1.807, 2.05) is 0 Å². The van der Waals surface area contributed by atoms with Crippen LogP contribution < -0.4 is 5.32 Å². The molecule has 0 amide bonds. The summed E-state index contributed by atoms with van der Waals surface area (Å²) in [6, 6.07) is 6.01. The minimum absolute atomic E-state index is 0.0846. The highest BCUT2D eigenvalue weighted by Gasteiger charge is 2.31. The van der Waals surface area contributed by atoms with Crippen molar-refractivity contribution < 1.29 is 26.7 Å². The number of aryl methyl sites for hydroxylation is 2. The van der Waals surface area contributed by atoms with Crippen molar-refractivity contribution in [1.29, 1.82) is 0 Å². The highest BCUT2D eigenvalue weighted by Crippen LogP contribution is 2.31. The smallest absolute Gasteiger partial charge is 0.379 e. The maximum atomic E-state index is 14.1. The van der Waals surface area contributed by atoms with Gasteiger partial charge < -0.3 is 10.1 Å². The topological polar surface area (TPSA) is 63.2 Å². The number of nitrogens with one attached hydrogen (secondary N) is 1. The highest BCUT2D eigenvalue weighted by molar-refractivity contribution is 5.57. The van der Waals surface area contributed by atoms with Gasteiger partial charge in [-0.05, 0) is 43.5 Å². The fourth-order valence-corrected chi connectivity index (χ4v) is 3.89. The molecule has 0 unspecified atom stereocenters. The highest BCUT2D eigenvalue weighted by atomic mass is 19.4. The van der Waals surface area contributed by atoms with Crippen LogP contribution in [0, 0.1) is 11.6 Å². The van der Waals surface area contributed by atoms with Crippen LogP contribution in [0.25, 0.3) is 11.4 Å². The molecule has 11 heteroatoms. The lowest BCUT2D eigenvalue weighted by molar-refractivity contribution is -0.137. The van der Waals surface area contributed by atoms with Crippen molar-refractivity contribution in [3.63, 3.8) is 0 Å². The van der Waals surface area contributed by atoms with Crippen molar-refractivity contribution in [2.45, 2.75) is 25.4 Å². The monoisotopic (exact) mass is 507 g/mol.